The van der Waals surface area contributed by atoms with Crippen LogP contribution in [-0.4, -0.2) is 22.5 Å². The molecule has 2 saturated carbocycles. The summed E-state index contributed by atoms with van der Waals surface area (Å²) in [5.74, 6) is 1.42. The van der Waals surface area contributed by atoms with Crippen molar-refractivity contribution >= 4 is 11.7 Å². The van der Waals surface area contributed by atoms with E-state index in [0.29, 0.717) is 11.8 Å². The van der Waals surface area contributed by atoms with E-state index in [4.69, 9.17) is 10.9 Å². The van der Waals surface area contributed by atoms with E-state index >= 15 is 0 Å². The van der Waals surface area contributed by atoms with Crippen molar-refractivity contribution in [2.24, 2.45) is 28.6 Å². The van der Waals surface area contributed by atoms with Crippen molar-refractivity contribution in [3.63, 3.8) is 0 Å². The molecule has 2 fully saturated rings. The van der Waals surface area contributed by atoms with Gasteiger partial charge in [-0.15, -0.1) is 0 Å². The lowest BCUT2D eigenvalue weighted by atomic mass is 10.0. The number of carbonyl (C=O) groups is 1. The van der Waals surface area contributed by atoms with Gasteiger partial charge in [-0.25, -0.2) is 0 Å². The van der Waals surface area contributed by atoms with Gasteiger partial charge in [0.2, 0.25) is 5.91 Å². The zero-order valence-corrected chi connectivity index (χ0v) is 9.73. The Morgan fingerprint density at radius 2 is 2.00 bits per heavy atom. The van der Waals surface area contributed by atoms with E-state index in [1.807, 2.05) is 0 Å². The van der Waals surface area contributed by atoms with Gasteiger partial charge in [-0.2, -0.15) is 0 Å². The van der Waals surface area contributed by atoms with Gasteiger partial charge in [-0.05, 0) is 38.5 Å². The molecule has 0 spiro atoms. The number of carbonyl (C=O) groups excluding carboxylic acids is 1. The number of nitrogens with two attached hydrogens (primary N) is 1. The van der Waals surface area contributed by atoms with Gasteiger partial charge in [0.15, 0.2) is 5.84 Å². The predicted molar refractivity (Wildman–Crippen MR) is 60.0 cm³/mol. The summed E-state index contributed by atoms with van der Waals surface area (Å²) in [6.07, 6.45) is 3.60. The van der Waals surface area contributed by atoms with Crippen LogP contribution in [0.15, 0.2) is 5.16 Å². The molecule has 0 heterocycles. The molecule has 5 nitrogen and oxygen atoms in total. The lowest BCUT2D eigenvalue weighted by molar-refractivity contribution is -0.124. The highest BCUT2D eigenvalue weighted by Gasteiger charge is 2.57. The van der Waals surface area contributed by atoms with Crippen LogP contribution in [0.25, 0.3) is 0 Å². The molecular weight excluding hydrogens is 206 g/mol. The third kappa shape index (κ3) is 1.74. The number of hydrogen-bond donors (Lipinski definition) is 3. The van der Waals surface area contributed by atoms with Gasteiger partial charge >= 0.3 is 0 Å². The zero-order chi connectivity index (χ0) is 11.9. The van der Waals surface area contributed by atoms with Gasteiger partial charge in [0.25, 0.3) is 0 Å². The van der Waals surface area contributed by atoms with Crippen molar-refractivity contribution in [2.45, 2.75) is 38.6 Å². The summed E-state index contributed by atoms with van der Waals surface area (Å²) < 4.78 is 0. The monoisotopic (exact) mass is 225 g/mol. The molecule has 4 N–H and O–H groups in total. The van der Waals surface area contributed by atoms with E-state index < -0.39 is 5.54 Å². The molecule has 2 aliphatic rings. The quantitative estimate of drug-likeness (QED) is 0.285. The lowest BCUT2D eigenvalue weighted by Gasteiger charge is -2.24. The summed E-state index contributed by atoms with van der Waals surface area (Å²) in [4.78, 5) is 12.0. The molecule has 1 amide bonds. The highest BCUT2D eigenvalue weighted by Crippen LogP contribution is 2.57. The fraction of sp³-hybridized carbons (Fsp3) is 0.818. The summed E-state index contributed by atoms with van der Waals surface area (Å²) in [6, 6.07) is 0. The molecule has 0 saturated heterocycles. The predicted octanol–water partition coefficient (Wildman–Crippen LogP) is 0.674. The van der Waals surface area contributed by atoms with Crippen LogP contribution < -0.4 is 11.1 Å². The Morgan fingerprint density at radius 1 is 1.44 bits per heavy atom. The maximum absolute atomic E-state index is 12.0. The van der Waals surface area contributed by atoms with Crippen LogP contribution in [0.3, 0.4) is 0 Å². The van der Waals surface area contributed by atoms with Crippen LogP contribution in [0.2, 0.25) is 0 Å². The standard InChI is InChI=1S/C11H19N3O2/c1-11(2,10(12)14-16)13-9(15)8-6-4-3-5-7(6)8/h6-8,16H,3-5H2,1-2H3,(H2,12,14)(H,13,15). The number of fused-ring (bicyclic) bond motifs is 1. The van der Waals surface area contributed by atoms with Crippen molar-refractivity contribution in [2.75, 3.05) is 0 Å². The van der Waals surface area contributed by atoms with Crippen molar-refractivity contribution < 1.29 is 10.0 Å². The molecule has 0 aromatic rings. The second-order valence-corrected chi connectivity index (χ2v) is 5.38. The molecule has 2 rings (SSSR count). The molecule has 0 aliphatic heterocycles. The summed E-state index contributed by atoms with van der Waals surface area (Å²) in [7, 11) is 0. The molecule has 2 aliphatic carbocycles. The first-order chi connectivity index (χ1) is 7.47. The Bertz CT molecular complexity index is 328. The molecule has 5 heteroatoms. The number of rotatable bonds is 3. The summed E-state index contributed by atoms with van der Waals surface area (Å²) in [5.41, 5.74) is 4.75. The third-order valence-electron chi connectivity index (χ3n) is 3.89. The van der Waals surface area contributed by atoms with E-state index in [-0.39, 0.29) is 17.7 Å². The fourth-order valence-corrected chi connectivity index (χ4v) is 2.79. The number of nitrogens with one attached hydrogen (secondary N) is 1. The molecule has 0 aromatic heterocycles. The molecule has 0 bridgehead atoms. The minimum atomic E-state index is -0.775. The van der Waals surface area contributed by atoms with Crippen LogP contribution in [0.4, 0.5) is 0 Å². The molecule has 2 atom stereocenters. The minimum absolute atomic E-state index is 0.0339. The van der Waals surface area contributed by atoms with Gasteiger partial charge in [-0.1, -0.05) is 11.6 Å². The Labute approximate surface area is 95.1 Å². The number of amidine groups is 1. The van der Waals surface area contributed by atoms with Crippen LogP contribution >= 0.6 is 0 Å². The number of nitrogens with zero attached hydrogens (tertiary/aromatic N) is 1. The maximum Gasteiger partial charge on any atom is 0.224 e. The van der Waals surface area contributed by atoms with Crippen molar-refractivity contribution in [3.05, 3.63) is 0 Å². The summed E-state index contributed by atoms with van der Waals surface area (Å²) in [5, 5.41) is 14.4. The van der Waals surface area contributed by atoms with E-state index in [2.05, 4.69) is 10.5 Å². The van der Waals surface area contributed by atoms with E-state index in [1.165, 1.54) is 19.3 Å². The van der Waals surface area contributed by atoms with Crippen molar-refractivity contribution in [1.82, 2.24) is 5.32 Å². The first-order valence-electron chi connectivity index (χ1n) is 5.77. The van der Waals surface area contributed by atoms with E-state index in [0.717, 1.165) is 0 Å². The summed E-state index contributed by atoms with van der Waals surface area (Å²) >= 11 is 0. The van der Waals surface area contributed by atoms with Crippen molar-refractivity contribution in [3.8, 4) is 0 Å². The maximum atomic E-state index is 12.0. The SMILES string of the molecule is CC(C)(NC(=O)C1C2CCCC21)C(N)=NO. The molecular formula is C11H19N3O2. The second-order valence-electron chi connectivity index (χ2n) is 5.38. The average Bonchev–Trinajstić information content (AvgIpc) is 2.72. The van der Waals surface area contributed by atoms with Crippen molar-refractivity contribution in [1.29, 1.82) is 0 Å². The van der Waals surface area contributed by atoms with Gasteiger partial charge in [-0.3, -0.25) is 4.79 Å². The van der Waals surface area contributed by atoms with Crippen LogP contribution in [0.5, 0.6) is 0 Å². The Kier molecular flexibility index (Phi) is 2.56. The fourth-order valence-electron chi connectivity index (χ4n) is 2.79. The Morgan fingerprint density at radius 3 is 2.50 bits per heavy atom. The smallest absolute Gasteiger partial charge is 0.224 e. The second kappa shape index (κ2) is 3.64. The first-order valence-corrected chi connectivity index (χ1v) is 5.77. The van der Waals surface area contributed by atoms with Crippen LogP contribution in [0, 0.1) is 17.8 Å². The first kappa shape index (κ1) is 11.2. The molecule has 2 unspecified atom stereocenters. The van der Waals surface area contributed by atoms with Gasteiger partial charge in [0.1, 0.15) is 0 Å². The number of hydrogen-bond acceptors (Lipinski definition) is 3. The average molecular weight is 225 g/mol. The largest absolute Gasteiger partial charge is 0.409 e. The molecule has 0 radical (unpaired) electrons. The molecule has 0 aromatic carbocycles. The van der Waals surface area contributed by atoms with E-state index in [1.54, 1.807) is 13.8 Å². The molecule has 90 valence electrons. The Balaban J connectivity index is 1.93. The molecule has 16 heavy (non-hydrogen) atoms. The number of oxime groups is 1. The van der Waals surface area contributed by atoms with Crippen LogP contribution in [-0.2, 0) is 4.79 Å². The van der Waals surface area contributed by atoms with E-state index in [9.17, 15) is 4.79 Å². The third-order valence-corrected chi connectivity index (χ3v) is 3.89. The highest BCUT2D eigenvalue weighted by molar-refractivity contribution is 5.94. The van der Waals surface area contributed by atoms with Crippen LogP contribution in [0.1, 0.15) is 33.1 Å². The summed E-state index contributed by atoms with van der Waals surface area (Å²) in [6.45, 7) is 3.47. The lowest BCUT2D eigenvalue weighted by Crippen LogP contribution is -2.53. The topological polar surface area (TPSA) is 87.7 Å². The van der Waals surface area contributed by atoms with Gasteiger partial charge < -0.3 is 16.3 Å². The normalized spacial score (nSPS) is 33.4. The Hall–Kier alpha value is -1.26. The van der Waals surface area contributed by atoms with Gasteiger partial charge in [0, 0.05) is 5.92 Å². The highest BCUT2D eigenvalue weighted by atomic mass is 16.4. The van der Waals surface area contributed by atoms with Gasteiger partial charge in [0.05, 0.1) is 5.54 Å². The zero-order valence-electron chi connectivity index (χ0n) is 9.73. The minimum Gasteiger partial charge on any atom is -0.409 e. The number of amides is 1.